The first-order chi connectivity index (χ1) is 25.1. The van der Waals surface area contributed by atoms with Crippen molar-refractivity contribution < 1.29 is 27.4 Å². The second kappa shape index (κ2) is 13.1. The molecule has 3 atom stereocenters. The van der Waals surface area contributed by atoms with Crippen molar-refractivity contribution in [3.05, 3.63) is 78.0 Å². The van der Waals surface area contributed by atoms with Crippen LogP contribution in [0.1, 0.15) is 19.2 Å². The molecule has 6 heterocycles. The maximum Gasteiger partial charge on any atom is 0.320 e. The number of nitrogens with one attached hydrogen (secondary N) is 1. The number of rotatable bonds is 5. The highest BCUT2D eigenvalue weighted by Gasteiger charge is 2.41. The van der Waals surface area contributed by atoms with Crippen LogP contribution in [0.4, 0.5) is 24.8 Å². The molecule has 16 heteroatoms. The van der Waals surface area contributed by atoms with Gasteiger partial charge in [0, 0.05) is 51.0 Å². The van der Waals surface area contributed by atoms with Crippen molar-refractivity contribution in [3.63, 3.8) is 0 Å². The molecular weight excluding hydrogens is 677 g/mol. The van der Waals surface area contributed by atoms with Crippen LogP contribution in [0.2, 0.25) is 0 Å². The highest BCUT2D eigenvalue weighted by molar-refractivity contribution is 5.94. The molecule has 13 nitrogen and oxygen atoms in total. The average Bonchev–Trinajstić information content (AvgIpc) is 3.82. The number of ether oxygens (including phenoxy) is 2. The number of amides is 1. The fourth-order valence-corrected chi connectivity index (χ4v) is 7.23. The van der Waals surface area contributed by atoms with Gasteiger partial charge in [-0.1, -0.05) is 6.07 Å². The number of hydrogen-bond acceptors (Lipinski definition) is 10. The van der Waals surface area contributed by atoms with Crippen LogP contribution in [-0.2, 0) is 16.1 Å². The van der Waals surface area contributed by atoms with Crippen molar-refractivity contribution in [1.82, 2.24) is 39.2 Å². The first-order valence-corrected chi connectivity index (χ1v) is 16.9. The molecule has 1 N–H and O–H groups in total. The van der Waals surface area contributed by atoms with Crippen LogP contribution in [0, 0.1) is 24.4 Å². The summed E-state index contributed by atoms with van der Waals surface area (Å²) >= 11 is 0. The summed E-state index contributed by atoms with van der Waals surface area (Å²) in [6, 6.07) is 10.6. The van der Waals surface area contributed by atoms with E-state index in [9.17, 15) is 9.18 Å². The fraction of sp³-hybridized carbons (Fsp3) is 0.333. The standard InChI is InChI=1S/C36H35F3N10O3/c1-5-52-36-44-33(25-15-40-49(34(25)45-36)29-10-9-20(37)12-26(29)39)48-16-22-14-30(48)35(50)46(3)17-23(51-4)18-47-19(2)41-28-13-21(38)11-24(32(28)47)27-7-6-8-31(42-22)43-27/h6-13,15,22-23,30H,5,14,16-18H2,1-4H3,(H,42,43)/t22-,23-,30-/m0/s1. The molecule has 0 spiro atoms. The molecular formula is C36H35F3N10O3. The van der Waals surface area contributed by atoms with E-state index in [0.29, 0.717) is 59.1 Å². The van der Waals surface area contributed by atoms with Gasteiger partial charge < -0.3 is 29.2 Å². The highest BCUT2D eigenvalue weighted by atomic mass is 19.1. The molecule has 1 fully saturated rings. The second-order valence-electron chi connectivity index (χ2n) is 13.0. The van der Waals surface area contributed by atoms with Gasteiger partial charge in [-0.2, -0.15) is 15.1 Å². The lowest BCUT2D eigenvalue weighted by Crippen LogP contribution is -2.47. The lowest BCUT2D eigenvalue weighted by molar-refractivity contribution is -0.132. The van der Waals surface area contributed by atoms with Crippen LogP contribution in [0.3, 0.4) is 0 Å². The number of likely N-dealkylation sites (N-methyl/N-ethyl adjacent to an activating group) is 1. The van der Waals surface area contributed by atoms with E-state index in [4.69, 9.17) is 19.4 Å². The number of fused-ring (bicyclic) bond motifs is 6. The Morgan fingerprint density at radius 2 is 1.83 bits per heavy atom. The van der Waals surface area contributed by atoms with E-state index in [1.54, 1.807) is 26.0 Å². The largest absolute Gasteiger partial charge is 0.464 e. The number of aromatic nitrogens is 7. The monoisotopic (exact) mass is 712 g/mol. The van der Waals surface area contributed by atoms with Crippen molar-refractivity contribution in [2.75, 3.05) is 44.1 Å². The third kappa shape index (κ3) is 5.81. The minimum Gasteiger partial charge on any atom is -0.464 e. The summed E-state index contributed by atoms with van der Waals surface area (Å²) in [6.07, 6.45) is 1.42. The van der Waals surface area contributed by atoms with Gasteiger partial charge >= 0.3 is 6.01 Å². The average molecular weight is 713 g/mol. The van der Waals surface area contributed by atoms with Gasteiger partial charge in [-0.05, 0) is 50.6 Å². The number of carbonyl (C=O) groups excluding carboxylic acids is 1. The van der Waals surface area contributed by atoms with Crippen LogP contribution in [0.15, 0.2) is 54.7 Å². The van der Waals surface area contributed by atoms with Gasteiger partial charge in [0.05, 0.1) is 47.6 Å². The minimum absolute atomic E-state index is 0.00843. The number of aryl methyl sites for hydroxylation is 1. The Morgan fingerprint density at radius 1 is 0.981 bits per heavy atom. The second-order valence-corrected chi connectivity index (χ2v) is 13.0. The zero-order valence-electron chi connectivity index (χ0n) is 28.8. The molecule has 2 aliphatic rings. The minimum atomic E-state index is -0.823. The number of hydrogen-bond donors (Lipinski definition) is 1. The number of methoxy groups -OCH3 is 1. The summed E-state index contributed by atoms with van der Waals surface area (Å²) < 4.78 is 58.8. The van der Waals surface area contributed by atoms with Gasteiger partial charge in [0.2, 0.25) is 5.91 Å². The Bertz CT molecular complexity index is 2350. The molecule has 6 aromatic rings. The van der Waals surface area contributed by atoms with E-state index in [2.05, 4.69) is 20.4 Å². The fourth-order valence-electron chi connectivity index (χ4n) is 7.23. The SMILES string of the molecule is CCOc1nc(N2C[C@@H]3C[C@H]2C(=O)N(C)C[C@H](OC)Cn2c(C)nc4cc(F)cc(c42)-c2cccc(n2)N3)c2cnn(-c3ccc(F)cc3F)c2n1. The molecule has 268 valence electrons. The maximum atomic E-state index is 15.0. The van der Waals surface area contributed by atoms with Gasteiger partial charge in [0.15, 0.2) is 11.5 Å². The summed E-state index contributed by atoms with van der Waals surface area (Å²) in [6.45, 7) is 4.78. The molecule has 8 rings (SSSR count). The summed E-state index contributed by atoms with van der Waals surface area (Å²) in [7, 11) is 3.32. The predicted octanol–water partition coefficient (Wildman–Crippen LogP) is 4.90. The maximum absolute atomic E-state index is 15.0. The summed E-state index contributed by atoms with van der Waals surface area (Å²) in [5, 5.41) is 8.35. The predicted molar refractivity (Wildman–Crippen MR) is 187 cm³/mol. The molecule has 0 unspecified atom stereocenters. The smallest absolute Gasteiger partial charge is 0.320 e. The number of pyridine rings is 1. The van der Waals surface area contributed by atoms with Crippen molar-refractivity contribution in [1.29, 1.82) is 0 Å². The van der Waals surface area contributed by atoms with Gasteiger partial charge in [-0.25, -0.2) is 27.8 Å². The molecule has 0 saturated carbocycles. The number of carbonyl (C=O) groups is 1. The van der Waals surface area contributed by atoms with Crippen LogP contribution >= 0.6 is 0 Å². The number of halogens is 3. The molecule has 0 radical (unpaired) electrons. The Hall–Kier alpha value is -5.77. The number of benzene rings is 2. The lowest BCUT2D eigenvalue weighted by atomic mass is 10.1. The Kier molecular flexibility index (Phi) is 8.40. The van der Waals surface area contributed by atoms with Gasteiger partial charge in [-0.3, -0.25) is 4.79 Å². The lowest BCUT2D eigenvalue weighted by Gasteiger charge is -2.31. The Labute approximate surface area is 296 Å². The van der Waals surface area contributed by atoms with Gasteiger partial charge in [-0.15, -0.1) is 0 Å². The summed E-state index contributed by atoms with van der Waals surface area (Å²) in [4.78, 5) is 36.8. The van der Waals surface area contributed by atoms with E-state index in [1.165, 1.54) is 29.1 Å². The van der Waals surface area contributed by atoms with E-state index in [0.717, 1.165) is 17.6 Å². The first-order valence-electron chi connectivity index (χ1n) is 16.9. The molecule has 1 amide bonds. The zero-order valence-corrected chi connectivity index (χ0v) is 28.8. The van der Waals surface area contributed by atoms with Gasteiger partial charge in [0.25, 0.3) is 0 Å². The van der Waals surface area contributed by atoms with Crippen LogP contribution < -0.4 is 15.0 Å². The van der Waals surface area contributed by atoms with Crippen LogP contribution in [0.25, 0.3) is 39.0 Å². The van der Waals surface area contributed by atoms with Crippen molar-refractivity contribution >= 4 is 39.6 Å². The van der Waals surface area contributed by atoms with Gasteiger partial charge in [0.1, 0.15) is 40.8 Å². The molecule has 4 aromatic heterocycles. The van der Waals surface area contributed by atoms with Crippen LogP contribution in [-0.4, -0.2) is 97.1 Å². The Morgan fingerprint density at radius 3 is 2.62 bits per heavy atom. The summed E-state index contributed by atoms with van der Waals surface area (Å²) in [5.41, 5.74) is 2.57. The molecule has 2 aromatic carbocycles. The van der Waals surface area contributed by atoms with Crippen molar-refractivity contribution in [3.8, 4) is 23.0 Å². The number of imidazole rings is 1. The van der Waals surface area contributed by atoms with Crippen molar-refractivity contribution in [2.45, 2.75) is 45.0 Å². The zero-order chi connectivity index (χ0) is 36.3. The normalized spacial score (nSPS) is 19.2. The van der Waals surface area contributed by atoms with Crippen LogP contribution in [0.5, 0.6) is 6.01 Å². The van der Waals surface area contributed by atoms with E-state index in [-0.39, 0.29) is 42.4 Å². The topological polar surface area (TPSA) is 128 Å². The van der Waals surface area contributed by atoms with Crippen molar-refractivity contribution in [2.24, 2.45) is 0 Å². The Balaban J connectivity index is 1.25. The highest BCUT2D eigenvalue weighted by Crippen LogP contribution is 2.36. The first kappa shape index (κ1) is 33.4. The molecule has 4 bridgehead atoms. The third-order valence-corrected chi connectivity index (χ3v) is 9.61. The molecule has 2 aliphatic heterocycles. The number of anilines is 2. The third-order valence-electron chi connectivity index (χ3n) is 9.61. The molecule has 1 saturated heterocycles. The van der Waals surface area contributed by atoms with E-state index >= 15 is 8.78 Å². The van der Waals surface area contributed by atoms with E-state index < -0.39 is 29.6 Å². The number of nitrogens with zero attached hydrogens (tertiary/aromatic N) is 9. The summed E-state index contributed by atoms with van der Waals surface area (Å²) in [5.74, 6) is -0.589. The van der Waals surface area contributed by atoms with E-state index in [1.807, 2.05) is 34.6 Å². The molecule has 0 aliphatic carbocycles. The quantitative estimate of drug-likeness (QED) is 0.264. The molecule has 52 heavy (non-hydrogen) atoms.